The normalized spacial score (nSPS) is 27.5. The summed E-state index contributed by atoms with van der Waals surface area (Å²) in [7, 11) is 0. The molecule has 2 saturated heterocycles. The molecule has 3 nitrogen and oxygen atoms in total. The van der Waals surface area contributed by atoms with E-state index in [2.05, 4.69) is 29.2 Å². The molecule has 0 amide bonds. The Hall–Kier alpha value is -1.06. The lowest BCUT2D eigenvalue weighted by Crippen LogP contribution is -2.42. The van der Waals surface area contributed by atoms with Gasteiger partial charge in [0.05, 0.1) is 12.2 Å². The Balaban J connectivity index is 1.71. The Morgan fingerprint density at radius 3 is 2.35 bits per heavy atom. The number of benzene rings is 1. The second-order valence-electron chi connectivity index (χ2n) is 5.07. The van der Waals surface area contributed by atoms with Gasteiger partial charge in [0.15, 0.2) is 0 Å². The van der Waals surface area contributed by atoms with Crippen molar-refractivity contribution in [2.24, 2.45) is 5.73 Å². The minimum atomic E-state index is 0.456. The molecule has 2 bridgehead atoms. The van der Waals surface area contributed by atoms with Crippen molar-refractivity contribution in [3.8, 4) is 0 Å². The lowest BCUT2D eigenvalue weighted by molar-refractivity contribution is 0.0305. The predicted molar refractivity (Wildman–Crippen MR) is 69.3 cm³/mol. The van der Waals surface area contributed by atoms with E-state index in [1.807, 2.05) is 0 Å². The molecule has 2 atom stereocenters. The molecule has 0 aromatic heterocycles. The first kappa shape index (κ1) is 11.1. The van der Waals surface area contributed by atoms with Gasteiger partial charge in [-0.25, -0.2) is 0 Å². The number of nitrogens with zero attached hydrogens (tertiary/aromatic N) is 1. The zero-order valence-corrected chi connectivity index (χ0v) is 10.1. The van der Waals surface area contributed by atoms with Crippen LogP contribution in [0.5, 0.6) is 0 Å². The minimum absolute atomic E-state index is 0.456. The SMILES string of the molecule is NCCc1ccc(N2CC3CCC(C2)O3)cc1. The fraction of sp³-hybridized carbons (Fsp3) is 0.571. The highest BCUT2D eigenvalue weighted by Crippen LogP contribution is 2.29. The minimum Gasteiger partial charge on any atom is -0.371 e. The molecular formula is C14H20N2O. The van der Waals surface area contributed by atoms with Crippen LogP contribution in [0.25, 0.3) is 0 Å². The maximum absolute atomic E-state index is 5.85. The van der Waals surface area contributed by atoms with E-state index in [0.29, 0.717) is 12.2 Å². The smallest absolute Gasteiger partial charge is 0.0755 e. The van der Waals surface area contributed by atoms with E-state index < -0.39 is 0 Å². The highest BCUT2D eigenvalue weighted by atomic mass is 16.5. The zero-order valence-electron chi connectivity index (χ0n) is 10.1. The van der Waals surface area contributed by atoms with E-state index in [1.165, 1.54) is 24.1 Å². The van der Waals surface area contributed by atoms with Crippen molar-refractivity contribution in [3.05, 3.63) is 29.8 Å². The first-order chi connectivity index (χ1) is 8.35. The van der Waals surface area contributed by atoms with Crippen LogP contribution in [0.15, 0.2) is 24.3 Å². The summed E-state index contributed by atoms with van der Waals surface area (Å²) in [5, 5.41) is 0. The summed E-state index contributed by atoms with van der Waals surface area (Å²) >= 11 is 0. The largest absolute Gasteiger partial charge is 0.371 e. The van der Waals surface area contributed by atoms with Crippen LogP contribution in [0, 0.1) is 0 Å². The summed E-state index contributed by atoms with van der Waals surface area (Å²) in [5.41, 5.74) is 8.21. The third-order valence-corrected chi connectivity index (χ3v) is 3.78. The first-order valence-electron chi connectivity index (χ1n) is 6.54. The van der Waals surface area contributed by atoms with Gasteiger partial charge < -0.3 is 15.4 Å². The molecular weight excluding hydrogens is 212 g/mol. The number of hydrogen-bond donors (Lipinski definition) is 1. The van der Waals surface area contributed by atoms with Gasteiger partial charge in [-0.2, -0.15) is 0 Å². The predicted octanol–water partition coefficient (Wildman–Crippen LogP) is 1.56. The Morgan fingerprint density at radius 1 is 1.12 bits per heavy atom. The van der Waals surface area contributed by atoms with E-state index in [9.17, 15) is 0 Å². The van der Waals surface area contributed by atoms with Crippen LogP contribution >= 0.6 is 0 Å². The molecule has 1 aromatic rings. The summed E-state index contributed by atoms with van der Waals surface area (Å²) in [6.07, 6.45) is 4.34. The molecule has 2 unspecified atom stereocenters. The third-order valence-electron chi connectivity index (χ3n) is 3.78. The van der Waals surface area contributed by atoms with E-state index in [0.717, 1.165) is 26.1 Å². The maximum atomic E-state index is 5.85. The Morgan fingerprint density at radius 2 is 1.76 bits per heavy atom. The number of anilines is 1. The number of ether oxygens (including phenoxy) is 1. The fourth-order valence-electron chi connectivity index (χ4n) is 2.87. The monoisotopic (exact) mass is 232 g/mol. The molecule has 2 aliphatic rings. The van der Waals surface area contributed by atoms with Gasteiger partial charge in [0, 0.05) is 18.8 Å². The molecule has 0 radical (unpaired) electrons. The average Bonchev–Trinajstić information content (AvgIpc) is 2.70. The summed E-state index contributed by atoms with van der Waals surface area (Å²) in [6.45, 7) is 2.82. The van der Waals surface area contributed by atoms with E-state index in [4.69, 9.17) is 10.5 Å². The summed E-state index contributed by atoms with van der Waals surface area (Å²) in [6, 6.07) is 8.82. The van der Waals surface area contributed by atoms with Crippen LogP contribution in [0.2, 0.25) is 0 Å². The standard InChI is InChI=1S/C14H20N2O/c15-8-7-11-1-3-12(4-2-11)16-9-13-5-6-14(10-16)17-13/h1-4,13-14H,5-10,15H2. The Labute approximate surface area is 103 Å². The van der Waals surface area contributed by atoms with Gasteiger partial charge in [0.25, 0.3) is 0 Å². The lowest BCUT2D eigenvalue weighted by atomic mass is 10.1. The highest BCUT2D eigenvalue weighted by Gasteiger charge is 2.33. The van der Waals surface area contributed by atoms with Crippen molar-refractivity contribution in [2.75, 3.05) is 24.5 Å². The molecule has 2 fully saturated rings. The second kappa shape index (κ2) is 4.67. The number of nitrogens with two attached hydrogens (primary N) is 1. The van der Waals surface area contributed by atoms with E-state index in [-0.39, 0.29) is 0 Å². The Bertz CT molecular complexity index is 364. The summed E-state index contributed by atoms with van der Waals surface area (Å²) < 4.78 is 5.85. The van der Waals surface area contributed by atoms with Gasteiger partial charge in [-0.05, 0) is 43.5 Å². The third kappa shape index (κ3) is 2.31. The number of rotatable bonds is 3. The zero-order chi connectivity index (χ0) is 11.7. The Kier molecular flexibility index (Phi) is 3.04. The van der Waals surface area contributed by atoms with Gasteiger partial charge in [-0.3, -0.25) is 0 Å². The van der Waals surface area contributed by atoms with Crippen LogP contribution in [-0.4, -0.2) is 31.8 Å². The van der Waals surface area contributed by atoms with Gasteiger partial charge in [-0.15, -0.1) is 0 Å². The van der Waals surface area contributed by atoms with Crippen LogP contribution in [-0.2, 0) is 11.2 Å². The first-order valence-corrected chi connectivity index (χ1v) is 6.54. The van der Waals surface area contributed by atoms with Crippen molar-refractivity contribution < 1.29 is 4.74 Å². The molecule has 2 N–H and O–H groups in total. The van der Waals surface area contributed by atoms with Crippen molar-refractivity contribution >= 4 is 5.69 Å². The topological polar surface area (TPSA) is 38.5 Å². The summed E-state index contributed by atoms with van der Waals surface area (Å²) in [5.74, 6) is 0. The number of morpholine rings is 1. The molecule has 2 heterocycles. The van der Waals surface area contributed by atoms with Crippen LogP contribution in [0.3, 0.4) is 0 Å². The quantitative estimate of drug-likeness (QED) is 0.859. The van der Waals surface area contributed by atoms with Gasteiger partial charge in [0.1, 0.15) is 0 Å². The van der Waals surface area contributed by atoms with Crippen molar-refractivity contribution in [1.29, 1.82) is 0 Å². The van der Waals surface area contributed by atoms with Crippen LogP contribution < -0.4 is 10.6 Å². The molecule has 0 spiro atoms. The van der Waals surface area contributed by atoms with Crippen molar-refractivity contribution in [3.63, 3.8) is 0 Å². The molecule has 0 aliphatic carbocycles. The van der Waals surface area contributed by atoms with Gasteiger partial charge in [0.2, 0.25) is 0 Å². The number of hydrogen-bond acceptors (Lipinski definition) is 3. The van der Waals surface area contributed by atoms with Crippen LogP contribution in [0.1, 0.15) is 18.4 Å². The molecule has 3 heteroatoms. The van der Waals surface area contributed by atoms with Gasteiger partial charge >= 0.3 is 0 Å². The molecule has 0 saturated carbocycles. The maximum Gasteiger partial charge on any atom is 0.0755 e. The van der Waals surface area contributed by atoms with E-state index in [1.54, 1.807) is 0 Å². The molecule has 1 aromatic carbocycles. The molecule has 3 rings (SSSR count). The van der Waals surface area contributed by atoms with Gasteiger partial charge in [-0.1, -0.05) is 12.1 Å². The average molecular weight is 232 g/mol. The van der Waals surface area contributed by atoms with E-state index >= 15 is 0 Å². The fourth-order valence-corrected chi connectivity index (χ4v) is 2.87. The summed E-state index contributed by atoms with van der Waals surface area (Å²) in [4.78, 5) is 2.46. The highest BCUT2D eigenvalue weighted by molar-refractivity contribution is 5.48. The van der Waals surface area contributed by atoms with Crippen LogP contribution in [0.4, 0.5) is 5.69 Å². The second-order valence-corrected chi connectivity index (χ2v) is 5.07. The number of fused-ring (bicyclic) bond motifs is 2. The molecule has 2 aliphatic heterocycles. The van der Waals surface area contributed by atoms with Crippen molar-refractivity contribution in [2.45, 2.75) is 31.5 Å². The van der Waals surface area contributed by atoms with Crippen molar-refractivity contribution in [1.82, 2.24) is 0 Å². The lowest BCUT2D eigenvalue weighted by Gasteiger charge is -2.33. The molecule has 17 heavy (non-hydrogen) atoms. The molecule has 92 valence electrons.